The van der Waals surface area contributed by atoms with Crippen molar-refractivity contribution in [1.82, 2.24) is 9.88 Å². The average Bonchev–Trinajstić information content (AvgIpc) is 3.13. The zero-order valence-corrected chi connectivity index (χ0v) is 18.8. The number of nitrogens with one attached hydrogen (secondary N) is 1. The van der Waals surface area contributed by atoms with E-state index >= 15 is 0 Å². The SMILES string of the molecule is Cc1csc(SCc2ccc(C(=O)Nc3ccccc3SC(=O)N(C)C)cc2)n1. The van der Waals surface area contributed by atoms with E-state index in [1.54, 1.807) is 43.3 Å². The second kappa shape index (κ2) is 9.96. The first kappa shape index (κ1) is 21.4. The topological polar surface area (TPSA) is 62.3 Å². The van der Waals surface area contributed by atoms with Gasteiger partial charge in [-0.1, -0.05) is 36.0 Å². The fourth-order valence-corrected chi connectivity index (χ4v) is 4.89. The number of thiazole rings is 1. The van der Waals surface area contributed by atoms with E-state index in [1.807, 2.05) is 54.8 Å². The number of hydrogen-bond acceptors (Lipinski definition) is 6. The van der Waals surface area contributed by atoms with E-state index in [0.29, 0.717) is 16.1 Å². The number of nitrogens with zero attached hydrogens (tertiary/aromatic N) is 2. The molecule has 5 nitrogen and oxygen atoms in total. The number of carbonyl (C=O) groups is 2. The molecule has 0 aliphatic rings. The van der Waals surface area contributed by atoms with Gasteiger partial charge in [0.1, 0.15) is 4.34 Å². The van der Waals surface area contributed by atoms with Crippen LogP contribution in [0.25, 0.3) is 0 Å². The molecule has 0 radical (unpaired) electrons. The Morgan fingerprint density at radius 1 is 1.10 bits per heavy atom. The predicted octanol–water partition coefficient (Wildman–Crippen LogP) is 5.77. The van der Waals surface area contributed by atoms with Crippen molar-refractivity contribution in [3.05, 3.63) is 70.7 Å². The zero-order chi connectivity index (χ0) is 20.8. The summed E-state index contributed by atoms with van der Waals surface area (Å²) in [5.41, 5.74) is 3.36. The molecule has 0 unspecified atom stereocenters. The van der Waals surface area contributed by atoms with Crippen molar-refractivity contribution in [2.75, 3.05) is 19.4 Å². The van der Waals surface area contributed by atoms with Crippen LogP contribution in [0.1, 0.15) is 21.6 Å². The highest BCUT2D eigenvalue weighted by Gasteiger charge is 2.13. The third-order valence-electron chi connectivity index (χ3n) is 3.87. The molecule has 0 saturated heterocycles. The lowest BCUT2D eigenvalue weighted by Gasteiger charge is -2.13. The molecule has 1 heterocycles. The summed E-state index contributed by atoms with van der Waals surface area (Å²) in [6.07, 6.45) is 0. The van der Waals surface area contributed by atoms with Gasteiger partial charge in [-0.2, -0.15) is 0 Å². The second-order valence-electron chi connectivity index (χ2n) is 6.45. The van der Waals surface area contributed by atoms with Crippen LogP contribution in [-0.2, 0) is 5.75 Å². The van der Waals surface area contributed by atoms with Crippen molar-refractivity contribution in [3.63, 3.8) is 0 Å². The van der Waals surface area contributed by atoms with E-state index in [0.717, 1.165) is 33.1 Å². The fraction of sp³-hybridized carbons (Fsp3) is 0.190. The maximum Gasteiger partial charge on any atom is 0.286 e. The van der Waals surface area contributed by atoms with Crippen LogP contribution in [0, 0.1) is 6.92 Å². The van der Waals surface area contributed by atoms with E-state index in [4.69, 9.17) is 0 Å². The molecule has 0 aliphatic carbocycles. The van der Waals surface area contributed by atoms with Crippen LogP contribution in [0.15, 0.2) is 63.1 Å². The molecule has 8 heteroatoms. The van der Waals surface area contributed by atoms with Gasteiger partial charge in [-0.25, -0.2) is 4.98 Å². The lowest BCUT2D eigenvalue weighted by atomic mass is 10.1. The molecule has 2 amide bonds. The molecule has 0 bridgehead atoms. The maximum atomic E-state index is 12.7. The van der Waals surface area contributed by atoms with Gasteiger partial charge in [0.25, 0.3) is 11.1 Å². The molecule has 150 valence electrons. The van der Waals surface area contributed by atoms with E-state index in [2.05, 4.69) is 10.3 Å². The number of anilines is 1. The molecule has 29 heavy (non-hydrogen) atoms. The van der Waals surface area contributed by atoms with Crippen molar-refractivity contribution < 1.29 is 9.59 Å². The van der Waals surface area contributed by atoms with Crippen molar-refractivity contribution in [1.29, 1.82) is 0 Å². The van der Waals surface area contributed by atoms with Gasteiger partial charge < -0.3 is 10.2 Å². The van der Waals surface area contributed by atoms with E-state index in [-0.39, 0.29) is 11.1 Å². The van der Waals surface area contributed by atoms with E-state index in [1.165, 1.54) is 4.90 Å². The number of hydrogen-bond donors (Lipinski definition) is 1. The summed E-state index contributed by atoms with van der Waals surface area (Å²) in [6.45, 7) is 1.99. The van der Waals surface area contributed by atoms with Crippen LogP contribution in [-0.4, -0.2) is 35.1 Å². The Morgan fingerprint density at radius 2 is 1.83 bits per heavy atom. The van der Waals surface area contributed by atoms with Crippen LogP contribution in [0.2, 0.25) is 0 Å². The number of rotatable bonds is 6. The quantitative estimate of drug-likeness (QED) is 0.490. The Balaban J connectivity index is 1.63. The summed E-state index contributed by atoms with van der Waals surface area (Å²) >= 11 is 4.42. The zero-order valence-electron chi connectivity index (χ0n) is 16.3. The number of para-hydroxylation sites is 1. The summed E-state index contributed by atoms with van der Waals surface area (Å²) in [4.78, 5) is 31.3. The van der Waals surface area contributed by atoms with Gasteiger partial charge in [0.05, 0.1) is 5.69 Å². The minimum atomic E-state index is -0.204. The summed E-state index contributed by atoms with van der Waals surface area (Å²) in [5.74, 6) is 0.603. The summed E-state index contributed by atoms with van der Waals surface area (Å²) in [6, 6.07) is 14.8. The molecule has 1 aromatic heterocycles. The van der Waals surface area contributed by atoms with E-state index < -0.39 is 0 Å². The molecule has 1 N–H and O–H groups in total. The summed E-state index contributed by atoms with van der Waals surface area (Å²) in [5, 5.41) is 4.85. The largest absolute Gasteiger partial charge is 0.339 e. The standard InChI is InChI=1S/C21H21N3O2S3/c1-14-12-27-20(22-14)28-13-15-8-10-16(11-9-15)19(25)23-17-6-4-5-7-18(17)29-21(26)24(2)3/h4-12H,13H2,1-3H3,(H,23,25). The molecule has 0 saturated carbocycles. The Morgan fingerprint density at radius 3 is 2.48 bits per heavy atom. The highest BCUT2D eigenvalue weighted by Crippen LogP contribution is 2.29. The monoisotopic (exact) mass is 443 g/mol. The van der Waals surface area contributed by atoms with Crippen molar-refractivity contribution in [2.24, 2.45) is 0 Å². The predicted molar refractivity (Wildman–Crippen MR) is 122 cm³/mol. The molecule has 2 aromatic carbocycles. The first-order valence-electron chi connectivity index (χ1n) is 8.86. The van der Waals surface area contributed by atoms with Crippen LogP contribution < -0.4 is 5.32 Å². The third kappa shape index (κ3) is 6.09. The first-order chi connectivity index (χ1) is 13.9. The van der Waals surface area contributed by atoms with Crippen LogP contribution in [0.3, 0.4) is 0 Å². The van der Waals surface area contributed by atoms with Gasteiger partial charge in [-0.15, -0.1) is 11.3 Å². The van der Waals surface area contributed by atoms with Gasteiger partial charge in [0.2, 0.25) is 0 Å². The molecule has 3 rings (SSSR count). The van der Waals surface area contributed by atoms with Crippen LogP contribution in [0.5, 0.6) is 0 Å². The van der Waals surface area contributed by atoms with Gasteiger partial charge in [-0.05, 0) is 48.5 Å². The minimum Gasteiger partial charge on any atom is -0.339 e. The highest BCUT2D eigenvalue weighted by atomic mass is 32.2. The molecular weight excluding hydrogens is 422 g/mol. The molecule has 0 atom stereocenters. The van der Waals surface area contributed by atoms with Gasteiger partial charge in [0.15, 0.2) is 0 Å². The Bertz CT molecular complexity index is 1000. The molecule has 0 fully saturated rings. The Hall–Kier alpha value is -2.29. The number of amides is 2. The smallest absolute Gasteiger partial charge is 0.286 e. The van der Waals surface area contributed by atoms with Gasteiger partial charge in [-0.3, -0.25) is 9.59 Å². The van der Waals surface area contributed by atoms with Crippen molar-refractivity contribution >= 4 is 51.7 Å². The molecular formula is C21H21N3O2S3. The van der Waals surface area contributed by atoms with Gasteiger partial charge >= 0.3 is 0 Å². The lowest BCUT2D eigenvalue weighted by Crippen LogP contribution is -2.17. The average molecular weight is 444 g/mol. The van der Waals surface area contributed by atoms with Gasteiger partial charge in [0, 0.05) is 41.4 Å². The second-order valence-corrected chi connectivity index (χ2v) is 9.53. The van der Waals surface area contributed by atoms with E-state index in [9.17, 15) is 9.59 Å². The first-order valence-corrected chi connectivity index (χ1v) is 11.5. The highest BCUT2D eigenvalue weighted by molar-refractivity contribution is 8.13. The van der Waals surface area contributed by atoms with Crippen LogP contribution in [0.4, 0.5) is 10.5 Å². The normalized spacial score (nSPS) is 10.6. The third-order valence-corrected chi connectivity index (χ3v) is 7.20. The summed E-state index contributed by atoms with van der Waals surface area (Å²) in [7, 11) is 3.40. The number of benzene rings is 2. The maximum absolute atomic E-state index is 12.7. The molecule has 3 aromatic rings. The Labute approximate surface area is 182 Å². The number of thioether (sulfide) groups is 2. The lowest BCUT2D eigenvalue weighted by molar-refractivity contribution is 0.102. The summed E-state index contributed by atoms with van der Waals surface area (Å²) < 4.78 is 1.05. The number of aromatic nitrogens is 1. The number of carbonyl (C=O) groups excluding carboxylic acids is 2. The molecule has 0 spiro atoms. The van der Waals surface area contributed by atoms with Crippen LogP contribution >= 0.6 is 34.9 Å². The van der Waals surface area contributed by atoms with Crippen molar-refractivity contribution in [3.8, 4) is 0 Å². The fourth-order valence-electron chi connectivity index (χ4n) is 2.33. The minimum absolute atomic E-state index is 0.0935. The van der Waals surface area contributed by atoms with Crippen molar-refractivity contribution in [2.45, 2.75) is 21.9 Å². The Kier molecular flexibility index (Phi) is 7.35. The molecule has 0 aliphatic heterocycles. The number of aryl methyl sites for hydroxylation is 1.